The van der Waals surface area contributed by atoms with E-state index in [1.54, 1.807) is 6.20 Å². The number of aromatic nitrogens is 2. The van der Waals surface area contributed by atoms with Crippen molar-refractivity contribution >= 4 is 11.7 Å². The molecule has 92 valence electrons. The number of rotatable bonds is 3. The third-order valence-corrected chi connectivity index (χ3v) is 2.52. The molecule has 18 heavy (non-hydrogen) atoms. The Bertz CT molecular complexity index is 582. The lowest BCUT2D eigenvalue weighted by atomic mass is 10.1. The molecule has 0 atom stereocenters. The molecule has 1 heterocycles. The second-order valence-electron chi connectivity index (χ2n) is 4.01. The maximum atomic E-state index is 10.9. The Labute approximate surface area is 105 Å². The molecule has 0 spiro atoms. The van der Waals surface area contributed by atoms with Crippen LogP contribution in [0.2, 0.25) is 0 Å². The van der Waals surface area contributed by atoms with E-state index in [4.69, 9.17) is 5.11 Å². The Hall–Kier alpha value is -2.43. The van der Waals surface area contributed by atoms with Crippen molar-refractivity contribution in [3.05, 3.63) is 42.4 Å². The summed E-state index contributed by atoms with van der Waals surface area (Å²) in [7, 11) is 3.85. The second kappa shape index (κ2) is 4.83. The van der Waals surface area contributed by atoms with Crippen LogP contribution in [0, 0.1) is 0 Å². The SMILES string of the molecule is CN(C)c1ccccc1-c1cncc(C(=O)O)n1. The van der Waals surface area contributed by atoms with Gasteiger partial charge in [-0.25, -0.2) is 9.78 Å². The minimum absolute atomic E-state index is 0.0546. The van der Waals surface area contributed by atoms with Crippen molar-refractivity contribution < 1.29 is 9.90 Å². The number of hydrogen-bond donors (Lipinski definition) is 1. The third kappa shape index (κ3) is 2.29. The zero-order valence-electron chi connectivity index (χ0n) is 10.2. The van der Waals surface area contributed by atoms with Gasteiger partial charge in [-0.2, -0.15) is 0 Å². The molecule has 0 bridgehead atoms. The van der Waals surface area contributed by atoms with Gasteiger partial charge in [0.25, 0.3) is 0 Å². The van der Waals surface area contributed by atoms with Crippen LogP contribution in [0.5, 0.6) is 0 Å². The first-order valence-corrected chi connectivity index (χ1v) is 5.41. The number of carboxylic acids is 1. The fraction of sp³-hybridized carbons (Fsp3) is 0.154. The van der Waals surface area contributed by atoms with Gasteiger partial charge in [0.15, 0.2) is 5.69 Å². The largest absolute Gasteiger partial charge is 0.476 e. The molecule has 0 saturated heterocycles. The summed E-state index contributed by atoms with van der Waals surface area (Å²) in [5, 5.41) is 8.92. The quantitative estimate of drug-likeness (QED) is 0.891. The fourth-order valence-corrected chi connectivity index (χ4v) is 1.68. The van der Waals surface area contributed by atoms with Gasteiger partial charge in [0.2, 0.25) is 0 Å². The maximum Gasteiger partial charge on any atom is 0.356 e. The zero-order valence-corrected chi connectivity index (χ0v) is 10.2. The highest BCUT2D eigenvalue weighted by molar-refractivity contribution is 5.86. The molecule has 1 aromatic carbocycles. The highest BCUT2D eigenvalue weighted by Gasteiger charge is 2.11. The van der Waals surface area contributed by atoms with Crippen LogP contribution in [0.25, 0.3) is 11.3 Å². The number of para-hydroxylation sites is 1. The summed E-state index contributed by atoms with van der Waals surface area (Å²) in [4.78, 5) is 20.9. The van der Waals surface area contributed by atoms with Gasteiger partial charge in [-0.1, -0.05) is 18.2 Å². The van der Waals surface area contributed by atoms with E-state index in [0.717, 1.165) is 11.3 Å². The molecule has 1 N–H and O–H groups in total. The van der Waals surface area contributed by atoms with E-state index < -0.39 is 5.97 Å². The number of anilines is 1. The Balaban J connectivity index is 2.55. The van der Waals surface area contributed by atoms with E-state index >= 15 is 0 Å². The van der Waals surface area contributed by atoms with Crippen LogP contribution in [0.3, 0.4) is 0 Å². The topological polar surface area (TPSA) is 66.3 Å². The molecular weight excluding hydrogens is 230 g/mol. The molecule has 2 rings (SSSR count). The van der Waals surface area contributed by atoms with Gasteiger partial charge in [0.05, 0.1) is 18.1 Å². The van der Waals surface area contributed by atoms with Gasteiger partial charge in [-0.05, 0) is 6.07 Å². The van der Waals surface area contributed by atoms with Crippen molar-refractivity contribution in [1.29, 1.82) is 0 Å². The van der Waals surface area contributed by atoms with Crippen molar-refractivity contribution in [2.24, 2.45) is 0 Å². The van der Waals surface area contributed by atoms with Crippen molar-refractivity contribution in [2.75, 3.05) is 19.0 Å². The van der Waals surface area contributed by atoms with Gasteiger partial charge in [0, 0.05) is 25.3 Å². The summed E-state index contributed by atoms with van der Waals surface area (Å²) in [6, 6.07) is 7.65. The second-order valence-corrected chi connectivity index (χ2v) is 4.01. The van der Waals surface area contributed by atoms with Crippen LogP contribution in [0.1, 0.15) is 10.5 Å². The summed E-state index contributed by atoms with van der Waals surface area (Å²) in [6.45, 7) is 0. The standard InChI is InChI=1S/C13H13N3O2/c1-16(2)12-6-4-3-5-9(12)10-7-14-8-11(15-10)13(17)18/h3-8H,1-2H3,(H,17,18). The van der Waals surface area contributed by atoms with Crippen molar-refractivity contribution in [3.63, 3.8) is 0 Å². The minimum Gasteiger partial charge on any atom is -0.476 e. The number of benzene rings is 1. The molecule has 1 aromatic heterocycles. The normalized spacial score (nSPS) is 10.1. The van der Waals surface area contributed by atoms with Crippen LogP contribution in [-0.4, -0.2) is 35.1 Å². The molecule has 0 aliphatic heterocycles. The number of nitrogens with zero attached hydrogens (tertiary/aromatic N) is 3. The lowest BCUT2D eigenvalue weighted by Gasteiger charge is -2.16. The van der Waals surface area contributed by atoms with Gasteiger partial charge in [-0.3, -0.25) is 4.98 Å². The van der Waals surface area contributed by atoms with E-state index in [9.17, 15) is 4.79 Å². The predicted molar refractivity (Wildman–Crippen MR) is 68.8 cm³/mol. The molecule has 0 aliphatic carbocycles. The average Bonchev–Trinajstić information content (AvgIpc) is 2.39. The van der Waals surface area contributed by atoms with Crippen molar-refractivity contribution in [2.45, 2.75) is 0 Å². The van der Waals surface area contributed by atoms with E-state index in [-0.39, 0.29) is 5.69 Å². The Morgan fingerprint density at radius 1 is 1.22 bits per heavy atom. The van der Waals surface area contributed by atoms with E-state index in [2.05, 4.69) is 9.97 Å². The number of carboxylic acid groups (broad SMARTS) is 1. The van der Waals surface area contributed by atoms with E-state index in [1.165, 1.54) is 6.20 Å². The van der Waals surface area contributed by atoms with Crippen LogP contribution in [0.15, 0.2) is 36.7 Å². The van der Waals surface area contributed by atoms with Crippen LogP contribution < -0.4 is 4.90 Å². The summed E-state index contributed by atoms with van der Waals surface area (Å²) in [6.07, 6.45) is 2.80. The molecule has 0 radical (unpaired) electrons. The van der Waals surface area contributed by atoms with Gasteiger partial charge in [-0.15, -0.1) is 0 Å². The molecule has 2 aromatic rings. The summed E-state index contributed by atoms with van der Waals surface area (Å²) in [5.41, 5.74) is 2.33. The highest BCUT2D eigenvalue weighted by Crippen LogP contribution is 2.27. The molecule has 0 amide bonds. The maximum absolute atomic E-state index is 10.9. The Kier molecular flexibility index (Phi) is 3.23. The fourth-order valence-electron chi connectivity index (χ4n) is 1.68. The third-order valence-electron chi connectivity index (χ3n) is 2.52. The monoisotopic (exact) mass is 243 g/mol. The lowest BCUT2D eigenvalue weighted by Crippen LogP contribution is -2.10. The van der Waals surface area contributed by atoms with Crippen LogP contribution in [-0.2, 0) is 0 Å². The molecule has 0 saturated carbocycles. The first kappa shape index (κ1) is 12.0. The summed E-state index contributed by atoms with van der Waals surface area (Å²) < 4.78 is 0. The number of aromatic carboxylic acids is 1. The molecule has 0 unspecified atom stereocenters. The Morgan fingerprint density at radius 3 is 2.61 bits per heavy atom. The van der Waals surface area contributed by atoms with Gasteiger partial charge < -0.3 is 10.0 Å². The molecule has 5 heteroatoms. The predicted octanol–water partition coefficient (Wildman–Crippen LogP) is 1.91. The number of carbonyl (C=O) groups is 1. The van der Waals surface area contributed by atoms with E-state index in [1.807, 2.05) is 43.3 Å². The number of hydrogen-bond acceptors (Lipinski definition) is 4. The first-order chi connectivity index (χ1) is 8.59. The average molecular weight is 243 g/mol. The minimum atomic E-state index is -1.08. The van der Waals surface area contributed by atoms with Gasteiger partial charge in [0.1, 0.15) is 0 Å². The highest BCUT2D eigenvalue weighted by atomic mass is 16.4. The first-order valence-electron chi connectivity index (χ1n) is 5.41. The molecule has 0 fully saturated rings. The summed E-state index contributed by atoms with van der Waals surface area (Å²) in [5.74, 6) is -1.08. The van der Waals surface area contributed by atoms with Crippen molar-refractivity contribution in [1.82, 2.24) is 9.97 Å². The van der Waals surface area contributed by atoms with Crippen molar-refractivity contribution in [3.8, 4) is 11.3 Å². The smallest absolute Gasteiger partial charge is 0.356 e. The Morgan fingerprint density at radius 2 is 1.94 bits per heavy atom. The molecule has 0 aliphatic rings. The van der Waals surface area contributed by atoms with Crippen LogP contribution in [0.4, 0.5) is 5.69 Å². The lowest BCUT2D eigenvalue weighted by molar-refractivity contribution is 0.0690. The summed E-state index contributed by atoms with van der Waals surface area (Å²) >= 11 is 0. The van der Waals surface area contributed by atoms with Gasteiger partial charge >= 0.3 is 5.97 Å². The molecule has 5 nitrogen and oxygen atoms in total. The van der Waals surface area contributed by atoms with E-state index in [0.29, 0.717) is 5.69 Å². The zero-order chi connectivity index (χ0) is 13.1. The molecular formula is C13H13N3O2. The van der Waals surface area contributed by atoms with Crippen LogP contribution >= 0.6 is 0 Å².